The van der Waals surface area contributed by atoms with Crippen molar-refractivity contribution in [1.82, 2.24) is 14.8 Å². The zero-order valence-corrected chi connectivity index (χ0v) is 8.17. The SMILES string of the molecule is Cc1nn2c(c1C(=O)O)CN(N=O)CC2. The highest BCUT2D eigenvalue weighted by atomic mass is 16.4. The molecule has 0 spiro atoms. The Morgan fingerprint density at radius 1 is 1.53 bits per heavy atom. The average molecular weight is 210 g/mol. The molecule has 0 amide bonds. The van der Waals surface area contributed by atoms with E-state index in [0.29, 0.717) is 24.5 Å². The van der Waals surface area contributed by atoms with Crippen LogP contribution >= 0.6 is 0 Å². The molecular formula is C8H10N4O3. The molecule has 0 atom stereocenters. The van der Waals surface area contributed by atoms with Crippen LogP contribution in [0.25, 0.3) is 0 Å². The average Bonchev–Trinajstić information content (AvgIpc) is 2.52. The number of aryl methyl sites for hydroxylation is 1. The Kier molecular flexibility index (Phi) is 2.14. The first-order chi connectivity index (χ1) is 7.13. The number of nitrogens with zero attached hydrogens (tertiary/aromatic N) is 4. The van der Waals surface area contributed by atoms with Gasteiger partial charge in [-0.15, -0.1) is 4.91 Å². The molecule has 1 aliphatic heterocycles. The minimum absolute atomic E-state index is 0.184. The molecule has 0 aliphatic carbocycles. The van der Waals surface area contributed by atoms with Gasteiger partial charge in [0.05, 0.1) is 36.3 Å². The van der Waals surface area contributed by atoms with Gasteiger partial charge in [0.25, 0.3) is 0 Å². The van der Waals surface area contributed by atoms with Crippen molar-refractivity contribution in [3.8, 4) is 0 Å². The quantitative estimate of drug-likeness (QED) is 0.713. The highest BCUT2D eigenvalue weighted by Crippen LogP contribution is 2.19. The van der Waals surface area contributed by atoms with Gasteiger partial charge in [0.2, 0.25) is 0 Å². The first-order valence-electron chi connectivity index (χ1n) is 4.51. The molecule has 80 valence electrons. The van der Waals surface area contributed by atoms with Crippen molar-refractivity contribution in [3.63, 3.8) is 0 Å². The third-order valence-electron chi connectivity index (χ3n) is 2.46. The monoisotopic (exact) mass is 210 g/mol. The highest BCUT2D eigenvalue weighted by molar-refractivity contribution is 5.90. The van der Waals surface area contributed by atoms with Gasteiger partial charge in [-0.3, -0.25) is 9.69 Å². The molecule has 0 saturated carbocycles. The van der Waals surface area contributed by atoms with Crippen LogP contribution in [0.1, 0.15) is 21.7 Å². The van der Waals surface area contributed by atoms with E-state index in [2.05, 4.69) is 10.4 Å². The Morgan fingerprint density at radius 2 is 2.27 bits per heavy atom. The summed E-state index contributed by atoms with van der Waals surface area (Å²) in [5.74, 6) is -1.01. The van der Waals surface area contributed by atoms with Crippen molar-refractivity contribution in [2.45, 2.75) is 20.0 Å². The van der Waals surface area contributed by atoms with Crippen molar-refractivity contribution in [3.05, 3.63) is 21.9 Å². The Labute approximate surface area is 85.2 Å². The summed E-state index contributed by atoms with van der Waals surface area (Å²) in [4.78, 5) is 21.3. The van der Waals surface area contributed by atoms with Gasteiger partial charge in [-0.05, 0) is 6.92 Å². The van der Waals surface area contributed by atoms with Crippen LogP contribution < -0.4 is 0 Å². The van der Waals surface area contributed by atoms with Crippen LogP contribution in [0.5, 0.6) is 0 Å². The smallest absolute Gasteiger partial charge is 0.339 e. The molecule has 0 unspecified atom stereocenters. The van der Waals surface area contributed by atoms with Gasteiger partial charge >= 0.3 is 5.97 Å². The van der Waals surface area contributed by atoms with Crippen molar-refractivity contribution >= 4 is 5.97 Å². The van der Waals surface area contributed by atoms with Crippen LogP contribution in [0.3, 0.4) is 0 Å². The molecule has 0 bridgehead atoms. The fourth-order valence-corrected chi connectivity index (χ4v) is 1.78. The summed E-state index contributed by atoms with van der Waals surface area (Å²) in [7, 11) is 0. The molecule has 0 radical (unpaired) electrons. The van der Waals surface area contributed by atoms with Crippen LogP contribution in [0.15, 0.2) is 5.29 Å². The number of aromatic nitrogens is 2. The van der Waals surface area contributed by atoms with Crippen LogP contribution in [0.4, 0.5) is 0 Å². The van der Waals surface area contributed by atoms with Gasteiger partial charge in [0.1, 0.15) is 5.56 Å². The number of carbonyl (C=O) groups is 1. The lowest BCUT2D eigenvalue weighted by Crippen LogP contribution is -2.30. The maximum Gasteiger partial charge on any atom is 0.339 e. The van der Waals surface area contributed by atoms with Crippen LogP contribution in [-0.4, -0.2) is 32.4 Å². The maximum atomic E-state index is 11.0. The minimum Gasteiger partial charge on any atom is -0.478 e. The van der Waals surface area contributed by atoms with Crippen molar-refractivity contribution in [2.75, 3.05) is 6.54 Å². The van der Waals surface area contributed by atoms with Crippen molar-refractivity contribution in [2.24, 2.45) is 5.29 Å². The lowest BCUT2D eigenvalue weighted by molar-refractivity contribution is 0.0692. The first kappa shape index (κ1) is 9.63. The van der Waals surface area contributed by atoms with Gasteiger partial charge in [-0.2, -0.15) is 5.10 Å². The van der Waals surface area contributed by atoms with Gasteiger partial charge in [0.15, 0.2) is 0 Å². The summed E-state index contributed by atoms with van der Waals surface area (Å²) in [6, 6.07) is 0. The molecule has 1 aromatic heterocycles. The summed E-state index contributed by atoms with van der Waals surface area (Å²) in [5.41, 5.74) is 1.21. The van der Waals surface area contributed by atoms with E-state index in [1.54, 1.807) is 11.6 Å². The molecule has 0 fully saturated rings. The van der Waals surface area contributed by atoms with E-state index in [9.17, 15) is 9.70 Å². The van der Waals surface area contributed by atoms with Gasteiger partial charge in [-0.1, -0.05) is 0 Å². The molecule has 15 heavy (non-hydrogen) atoms. The van der Waals surface area contributed by atoms with E-state index in [1.165, 1.54) is 5.01 Å². The number of rotatable bonds is 2. The second kappa shape index (κ2) is 3.34. The van der Waals surface area contributed by atoms with Gasteiger partial charge in [-0.25, -0.2) is 4.79 Å². The van der Waals surface area contributed by atoms with Crippen LogP contribution in [0, 0.1) is 11.8 Å². The predicted molar refractivity (Wildman–Crippen MR) is 50.1 cm³/mol. The third kappa shape index (κ3) is 1.45. The third-order valence-corrected chi connectivity index (χ3v) is 2.46. The van der Waals surface area contributed by atoms with E-state index in [4.69, 9.17) is 5.11 Å². The molecule has 1 aliphatic rings. The molecule has 2 heterocycles. The molecule has 1 aromatic rings. The highest BCUT2D eigenvalue weighted by Gasteiger charge is 2.25. The Balaban J connectivity index is 2.46. The van der Waals surface area contributed by atoms with E-state index >= 15 is 0 Å². The van der Waals surface area contributed by atoms with E-state index in [0.717, 1.165) is 0 Å². The van der Waals surface area contributed by atoms with Gasteiger partial charge < -0.3 is 5.11 Å². The fraction of sp³-hybridized carbons (Fsp3) is 0.500. The Bertz CT molecular complexity index is 426. The molecule has 2 rings (SSSR count). The minimum atomic E-state index is -1.01. The largest absolute Gasteiger partial charge is 0.478 e. The van der Waals surface area contributed by atoms with Gasteiger partial charge in [0, 0.05) is 0 Å². The molecule has 7 nitrogen and oxygen atoms in total. The van der Waals surface area contributed by atoms with Crippen molar-refractivity contribution in [1.29, 1.82) is 0 Å². The Hall–Kier alpha value is -1.92. The fourth-order valence-electron chi connectivity index (χ4n) is 1.78. The second-order valence-corrected chi connectivity index (χ2v) is 3.41. The number of fused-ring (bicyclic) bond motifs is 1. The van der Waals surface area contributed by atoms with E-state index in [1.807, 2.05) is 0 Å². The number of hydrogen-bond donors (Lipinski definition) is 1. The number of nitroso groups, excluding NO2 is 1. The number of aromatic carboxylic acids is 1. The summed E-state index contributed by atoms with van der Waals surface area (Å²) in [5, 5.41) is 17.2. The summed E-state index contributed by atoms with van der Waals surface area (Å²) < 4.78 is 1.63. The lowest BCUT2D eigenvalue weighted by Gasteiger charge is -2.22. The lowest BCUT2D eigenvalue weighted by atomic mass is 10.1. The summed E-state index contributed by atoms with van der Waals surface area (Å²) in [6.07, 6.45) is 0. The molecule has 0 saturated heterocycles. The number of hydrogen-bond acceptors (Lipinski definition) is 4. The zero-order valence-electron chi connectivity index (χ0n) is 8.17. The zero-order chi connectivity index (χ0) is 11.0. The van der Waals surface area contributed by atoms with Crippen LogP contribution in [-0.2, 0) is 13.1 Å². The maximum absolute atomic E-state index is 11.0. The van der Waals surface area contributed by atoms with E-state index in [-0.39, 0.29) is 12.1 Å². The predicted octanol–water partition coefficient (Wildman–Crippen LogP) is 0.387. The van der Waals surface area contributed by atoms with E-state index < -0.39 is 5.97 Å². The summed E-state index contributed by atoms with van der Waals surface area (Å²) in [6.45, 7) is 2.82. The molecule has 0 aromatic carbocycles. The summed E-state index contributed by atoms with van der Waals surface area (Å²) >= 11 is 0. The molecule has 1 N–H and O–H groups in total. The topological polar surface area (TPSA) is 87.8 Å². The Morgan fingerprint density at radius 3 is 2.87 bits per heavy atom. The normalized spacial score (nSPS) is 14.9. The van der Waals surface area contributed by atoms with Crippen molar-refractivity contribution < 1.29 is 9.90 Å². The van der Waals surface area contributed by atoms with Crippen LogP contribution in [0.2, 0.25) is 0 Å². The number of carboxylic acids is 1. The molecule has 7 heteroatoms. The number of carboxylic acid groups (broad SMARTS) is 1. The second-order valence-electron chi connectivity index (χ2n) is 3.41. The first-order valence-corrected chi connectivity index (χ1v) is 4.51. The standard InChI is InChI=1S/C8H10N4O3/c1-5-7(8(13)14)6-4-11(10-15)2-3-12(6)9-5/h2-4H2,1H3,(H,13,14). The molecular weight excluding hydrogens is 200 g/mol.